The second-order valence-electron chi connectivity index (χ2n) is 4.05. The van der Waals surface area contributed by atoms with E-state index in [-0.39, 0.29) is 5.75 Å². The van der Waals surface area contributed by atoms with Crippen molar-refractivity contribution in [3.8, 4) is 11.5 Å². The van der Waals surface area contributed by atoms with Crippen LogP contribution < -0.4 is 10.1 Å². The maximum absolute atomic E-state index is 9.76. The predicted octanol–water partition coefficient (Wildman–Crippen LogP) is 4.06. The minimum absolute atomic E-state index is 0.195. The van der Waals surface area contributed by atoms with Crippen molar-refractivity contribution in [1.29, 1.82) is 0 Å². The van der Waals surface area contributed by atoms with Gasteiger partial charge in [0.05, 0.1) is 6.61 Å². The third-order valence-electron chi connectivity index (χ3n) is 2.71. The number of ether oxygens (including phenoxy) is 1. The Bertz CT molecular complexity index is 537. The molecule has 4 heteroatoms. The van der Waals surface area contributed by atoms with E-state index in [1.54, 1.807) is 18.2 Å². The lowest BCUT2D eigenvalue weighted by Gasteiger charge is -2.11. The molecule has 0 aliphatic carbocycles. The molecule has 0 aliphatic rings. The molecule has 2 rings (SSSR count). The molecule has 3 nitrogen and oxygen atoms in total. The molecule has 2 aromatic rings. The lowest BCUT2D eigenvalue weighted by atomic mass is 10.2. The first kappa shape index (κ1) is 13.6. The van der Waals surface area contributed by atoms with Crippen molar-refractivity contribution in [3.05, 3.63) is 53.1 Å². The fourth-order valence-electron chi connectivity index (χ4n) is 1.78. The Labute approximate surface area is 117 Å². The van der Waals surface area contributed by atoms with E-state index in [0.29, 0.717) is 23.7 Å². The smallest absolute Gasteiger partial charge is 0.122 e. The lowest BCUT2D eigenvalue weighted by Crippen LogP contribution is -2.01. The second-order valence-corrected chi connectivity index (χ2v) is 4.46. The molecule has 0 spiro atoms. The minimum atomic E-state index is 0.195. The summed E-state index contributed by atoms with van der Waals surface area (Å²) in [6.07, 6.45) is 0. The quantitative estimate of drug-likeness (QED) is 0.866. The summed E-state index contributed by atoms with van der Waals surface area (Å²) in [5.41, 5.74) is 1.61. The monoisotopic (exact) mass is 277 g/mol. The van der Waals surface area contributed by atoms with Gasteiger partial charge in [-0.15, -0.1) is 0 Å². The summed E-state index contributed by atoms with van der Waals surface area (Å²) in [5, 5.41) is 13.5. The highest BCUT2D eigenvalue weighted by molar-refractivity contribution is 6.31. The van der Waals surface area contributed by atoms with Gasteiger partial charge in [-0.3, -0.25) is 0 Å². The highest BCUT2D eigenvalue weighted by Gasteiger charge is 2.05. The number of benzene rings is 2. The fraction of sp³-hybridized carbons (Fsp3) is 0.200. The van der Waals surface area contributed by atoms with Gasteiger partial charge >= 0.3 is 0 Å². The Kier molecular flexibility index (Phi) is 4.53. The van der Waals surface area contributed by atoms with E-state index in [1.807, 2.05) is 31.2 Å². The van der Waals surface area contributed by atoms with Crippen LogP contribution in [-0.4, -0.2) is 11.7 Å². The molecule has 0 aromatic heterocycles. The zero-order valence-corrected chi connectivity index (χ0v) is 11.4. The number of anilines is 1. The van der Waals surface area contributed by atoms with E-state index in [9.17, 15) is 5.11 Å². The number of halogens is 1. The summed E-state index contributed by atoms with van der Waals surface area (Å²) in [6.45, 7) is 3.04. The number of aromatic hydroxyl groups is 1. The molecule has 0 heterocycles. The number of nitrogens with one attached hydrogen (secondary N) is 1. The molecule has 0 aliphatic heterocycles. The van der Waals surface area contributed by atoms with E-state index < -0.39 is 0 Å². The minimum Gasteiger partial charge on any atom is -0.508 e. The number of phenolic OH excluding ortho intramolecular Hbond substituents is 1. The maximum atomic E-state index is 9.76. The third kappa shape index (κ3) is 3.55. The van der Waals surface area contributed by atoms with Crippen LogP contribution in [0, 0.1) is 0 Å². The Morgan fingerprint density at radius 1 is 1.21 bits per heavy atom. The Balaban J connectivity index is 2.08. The first-order valence-electron chi connectivity index (χ1n) is 6.13. The van der Waals surface area contributed by atoms with Crippen LogP contribution in [-0.2, 0) is 6.54 Å². The number of hydrogen-bond acceptors (Lipinski definition) is 3. The van der Waals surface area contributed by atoms with Gasteiger partial charge in [-0.2, -0.15) is 0 Å². The summed E-state index contributed by atoms with van der Waals surface area (Å²) in [7, 11) is 0. The zero-order valence-electron chi connectivity index (χ0n) is 10.7. The van der Waals surface area contributed by atoms with Crippen molar-refractivity contribution >= 4 is 17.3 Å². The number of rotatable bonds is 5. The molecule has 0 radical (unpaired) electrons. The zero-order chi connectivity index (χ0) is 13.7. The van der Waals surface area contributed by atoms with Crippen molar-refractivity contribution in [2.45, 2.75) is 13.5 Å². The van der Waals surface area contributed by atoms with Crippen LogP contribution in [0.25, 0.3) is 0 Å². The van der Waals surface area contributed by atoms with E-state index >= 15 is 0 Å². The van der Waals surface area contributed by atoms with E-state index in [1.165, 1.54) is 0 Å². The Hall–Kier alpha value is -1.87. The van der Waals surface area contributed by atoms with Crippen molar-refractivity contribution in [2.24, 2.45) is 0 Å². The molecule has 2 N–H and O–H groups in total. The van der Waals surface area contributed by atoms with Crippen LogP contribution in [0.2, 0.25) is 5.02 Å². The fourth-order valence-corrected chi connectivity index (χ4v) is 2.01. The van der Waals surface area contributed by atoms with Crippen LogP contribution in [0.15, 0.2) is 42.5 Å². The van der Waals surface area contributed by atoms with Gasteiger partial charge < -0.3 is 15.2 Å². The average Bonchev–Trinajstić information content (AvgIpc) is 2.39. The summed E-state index contributed by atoms with van der Waals surface area (Å²) >= 11 is 6.05. The van der Waals surface area contributed by atoms with Crippen molar-refractivity contribution in [3.63, 3.8) is 0 Å². The van der Waals surface area contributed by atoms with Crippen LogP contribution >= 0.6 is 11.6 Å². The average molecular weight is 278 g/mol. The van der Waals surface area contributed by atoms with Crippen LogP contribution in [0.4, 0.5) is 5.69 Å². The predicted molar refractivity (Wildman–Crippen MR) is 78.1 cm³/mol. The molecule has 0 saturated carbocycles. The van der Waals surface area contributed by atoms with E-state index in [2.05, 4.69) is 5.32 Å². The SMILES string of the molecule is CCOc1cccc(NCc2c(O)cccc2Cl)c1. The topological polar surface area (TPSA) is 41.5 Å². The summed E-state index contributed by atoms with van der Waals surface area (Å²) < 4.78 is 5.43. The molecule has 0 saturated heterocycles. The second kappa shape index (κ2) is 6.34. The highest BCUT2D eigenvalue weighted by atomic mass is 35.5. The standard InChI is InChI=1S/C15H16ClNO2/c1-2-19-12-6-3-5-11(9-12)17-10-13-14(16)7-4-8-15(13)18/h3-9,17-18H,2,10H2,1H3. The molecular weight excluding hydrogens is 262 g/mol. The largest absolute Gasteiger partial charge is 0.508 e. The number of hydrogen-bond donors (Lipinski definition) is 2. The first-order chi connectivity index (χ1) is 9.20. The molecule has 0 bridgehead atoms. The first-order valence-corrected chi connectivity index (χ1v) is 6.51. The molecule has 0 atom stereocenters. The van der Waals surface area contributed by atoms with Gasteiger partial charge in [0, 0.05) is 28.9 Å². The highest BCUT2D eigenvalue weighted by Crippen LogP contribution is 2.26. The molecule has 19 heavy (non-hydrogen) atoms. The van der Waals surface area contributed by atoms with Gasteiger partial charge in [-0.1, -0.05) is 23.7 Å². The maximum Gasteiger partial charge on any atom is 0.122 e. The van der Waals surface area contributed by atoms with Crippen LogP contribution in [0.5, 0.6) is 11.5 Å². The van der Waals surface area contributed by atoms with Gasteiger partial charge in [0.2, 0.25) is 0 Å². The van der Waals surface area contributed by atoms with Crippen molar-refractivity contribution in [2.75, 3.05) is 11.9 Å². The van der Waals surface area contributed by atoms with Gasteiger partial charge in [-0.05, 0) is 31.2 Å². The Morgan fingerprint density at radius 2 is 2.00 bits per heavy atom. The Morgan fingerprint density at radius 3 is 2.74 bits per heavy atom. The lowest BCUT2D eigenvalue weighted by molar-refractivity contribution is 0.340. The van der Waals surface area contributed by atoms with Gasteiger partial charge in [-0.25, -0.2) is 0 Å². The van der Waals surface area contributed by atoms with Crippen molar-refractivity contribution < 1.29 is 9.84 Å². The van der Waals surface area contributed by atoms with Crippen LogP contribution in [0.3, 0.4) is 0 Å². The molecule has 0 amide bonds. The van der Waals surface area contributed by atoms with Gasteiger partial charge in [0.25, 0.3) is 0 Å². The summed E-state index contributed by atoms with van der Waals surface area (Å²) in [4.78, 5) is 0. The molecule has 0 fully saturated rings. The van der Waals surface area contributed by atoms with Crippen LogP contribution in [0.1, 0.15) is 12.5 Å². The van der Waals surface area contributed by atoms with E-state index in [0.717, 1.165) is 11.4 Å². The summed E-state index contributed by atoms with van der Waals surface area (Å²) in [5.74, 6) is 1.01. The normalized spacial score (nSPS) is 10.2. The van der Waals surface area contributed by atoms with Gasteiger partial charge in [0.15, 0.2) is 0 Å². The number of phenols is 1. The molecule has 0 unspecified atom stereocenters. The molecule has 100 valence electrons. The molecular formula is C15H16ClNO2. The van der Waals surface area contributed by atoms with Crippen molar-refractivity contribution in [1.82, 2.24) is 0 Å². The third-order valence-corrected chi connectivity index (χ3v) is 3.06. The van der Waals surface area contributed by atoms with Gasteiger partial charge in [0.1, 0.15) is 11.5 Å². The summed E-state index contributed by atoms with van der Waals surface area (Å²) in [6, 6.07) is 12.8. The van der Waals surface area contributed by atoms with E-state index in [4.69, 9.17) is 16.3 Å². The molecule has 2 aromatic carbocycles.